The Hall–Kier alpha value is -2.03. The molecule has 1 amide bonds. The number of carbonyl (C=O) groups excluding carboxylic acids is 1. The molecule has 1 unspecified atom stereocenters. The lowest BCUT2D eigenvalue weighted by Gasteiger charge is -2.14. The van der Waals surface area contributed by atoms with E-state index < -0.39 is 26.6 Å². The van der Waals surface area contributed by atoms with Crippen LogP contribution in [-0.4, -0.2) is 20.9 Å². The number of nitrogens with one attached hydrogen (secondary N) is 2. The molecule has 2 N–H and O–H groups in total. The lowest BCUT2D eigenvalue weighted by molar-refractivity contribution is -0.121. The van der Waals surface area contributed by atoms with Crippen LogP contribution in [0.5, 0.6) is 0 Å². The van der Waals surface area contributed by atoms with Gasteiger partial charge in [0.1, 0.15) is 0 Å². The van der Waals surface area contributed by atoms with Crippen molar-refractivity contribution in [2.45, 2.75) is 24.3 Å². The predicted octanol–water partition coefficient (Wildman–Crippen LogP) is 3.16. The molecule has 0 radical (unpaired) electrons. The molecule has 0 saturated heterocycles. The minimum absolute atomic E-state index is 0.110. The number of rotatable bonds is 7. The number of amides is 1. The Bertz CT molecular complexity index is 889. The second-order valence-corrected chi connectivity index (χ2v) is 7.77. The largest absolute Gasteiger partial charge is 0.350 e. The molecular weight excluding hydrogens is 386 g/mol. The van der Waals surface area contributed by atoms with Crippen molar-refractivity contribution in [1.82, 2.24) is 10.0 Å². The smallest absolute Gasteiger partial charge is 0.240 e. The minimum Gasteiger partial charge on any atom is -0.350 e. The number of sulfonamides is 1. The van der Waals surface area contributed by atoms with E-state index in [-0.39, 0.29) is 24.9 Å². The van der Waals surface area contributed by atoms with E-state index in [9.17, 15) is 22.0 Å². The average molecular weight is 403 g/mol. The third-order valence-corrected chi connectivity index (χ3v) is 5.30. The number of hydrogen-bond donors (Lipinski definition) is 2. The maximum atomic E-state index is 13.1. The SMILES string of the molecule is CC(NC(=O)CCNS(=O)(=O)c1ccc(F)c(F)c1)c1ccc(Cl)cc1. The Kier molecular flexibility index (Phi) is 6.69. The highest BCUT2D eigenvalue weighted by Gasteiger charge is 2.17. The Morgan fingerprint density at radius 2 is 1.77 bits per heavy atom. The fraction of sp³-hybridized carbons (Fsp3) is 0.235. The molecule has 2 rings (SSSR count). The van der Waals surface area contributed by atoms with Crippen LogP contribution in [0.3, 0.4) is 0 Å². The first-order chi connectivity index (χ1) is 12.2. The van der Waals surface area contributed by atoms with Gasteiger partial charge in [0.05, 0.1) is 10.9 Å². The molecule has 0 aliphatic carbocycles. The van der Waals surface area contributed by atoms with E-state index in [0.717, 1.165) is 17.7 Å². The Morgan fingerprint density at radius 1 is 1.12 bits per heavy atom. The molecule has 0 aliphatic rings. The van der Waals surface area contributed by atoms with Crippen LogP contribution in [0.1, 0.15) is 24.9 Å². The van der Waals surface area contributed by atoms with Crippen LogP contribution in [0.2, 0.25) is 5.02 Å². The van der Waals surface area contributed by atoms with E-state index in [1.165, 1.54) is 0 Å². The summed E-state index contributed by atoms with van der Waals surface area (Å²) in [7, 11) is -4.03. The molecule has 5 nitrogen and oxygen atoms in total. The summed E-state index contributed by atoms with van der Waals surface area (Å²) in [4.78, 5) is 11.5. The summed E-state index contributed by atoms with van der Waals surface area (Å²) in [5.41, 5.74) is 0.852. The van der Waals surface area contributed by atoms with E-state index in [1.54, 1.807) is 31.2 Å². The van der Waals surface area contributed by atoms with Gasteiger partial charge in [-0.1, -0.05) is 23.7 Å². The van der Waals surface area contributed by atoms with Gasteiger partial charge in [-0.15, -0.1) is 0 Å². The summed E-state index contributed by atoms with van der Waals surface area (Å²) in [6.45, 7) is 1.60. The van der Waals surface area contributed by atoms with Crippen LogP contribution in [-0.2, 0) is 14.8 Å². The van der Waals surface area contributed by atoms with Crippen molar-refractivity contribution < 1.29 is 22.0 Å². The van der Waals surface area contributed by atoms with E-state index in [0.29, 0.717) is 11.1 Å². The van der Waals surface area contributed by atoms with E-state index in [2.05, 4.69) is 10.0 Å². The van der Waals surface area contributed by atoms with E-state index in [1.807, 2.05) is 0 Å². The lowest BCUT2D eigenvalue weighted by atomic mass is 10.1. The second kappa shape index (κ2) is 8.57. The van der Waals surface area contributed by atoms with Crippen molar-refractivity contribution in [3.05, 3.63) is 64.7 Å². The summed E-state index contributed by atoms with van der Waals surface area (Å²) in [5, 5.41) is 3.31. The molecule has 26 heavy (non-hydrogen) atoms. The summed E-state index contributed by atoms with van der Waals surface area (Å²) in [6.07, 6.45) is -0.110. The standard InChI is InChI=1S/C17H17ClF2N2O3S/c1-11(12-2-4-13(18)5-3-12)22-17(23)8-9-21-26(24,25)14-6-7-15(19)16(20)10-14/h2-7,10-11,21H,8-9H2,1H3,(H,22,23). The number of hydrogen-bond acceptors (Lipinski definition) is 3. The number of carbonyl (C=O) groups is 1. The van der Waals surface area contributed by atoms with Gasteiger partial charge in [-0.05, 0) is 42.8 Å². The number of benzene rings is 2. The van der Waals surface area contributed by atoms with Crippen LogP contribution in [0.4, 0.5) is 8.78 Å². The third-order valence-electron chi connectivity index (χ3n) is 3.59. The molecule has 9 heteroatoms. The van der Waals surface area contributed by atoms with Gasteiger partial charge in [-0.3, -0.25) is 4.79 Å². The van der Waals surface area contributed by atoms with Crippen LogP contribution in [0.15, 0.2) is 47.4 Å². The summed E-state index contributed by atoms with van der Waals surface area (Å²) >= 11 is 5.81. The van der Waals surface area contributed by atoms with Crippen molar-refractivity contribution in [2.24, 2.45) is 0 Å². The molecule has 2 aromatic carbocycles. The van der Waals surface area contributed by atoms with Crippen molar-refractivity contribution in [1.29, 1.82) is 0 Å². The van der Waals surface area contributed by atoms with Crippen molar-refractivity contribution in [2.75, 3.05) is 6.54 Å². The molecule has 1 atom stereocenters. The third kappa shape index (κ3) is 5.48. The molecule has 0 aliphatic heterocycles. The average Bonchev–Trinajstić information content (AvgIpc) is 2.57. The molecular formula is C17H17ClF2N2O3S. The zero-order chi connectivity index (χ0) is 19.3. The fourth-order valence-electron chi connectivity index (χ4n) is 2.17. The van der Waals surface area contributed by atoms with Crippen molar-refractivity contribution in [3.63, 3.8) is 0 Å². The maximum Gasteiger partial charge on any atom is 0.240 e. The first-order valence-electron chi connectivity index (χ1n) is 7.68. The highest BCUT2D eigenvalue weighted by Crippen LogP contribution is 2.16. The Labute approximate surface area is 155 Å². The van der Waals surface area contributed by atoms with E-state index in [4.69, 9.17) is 11.6 Å². The highest BCUT2D eigenvalue weighted by molar-refractivity contribution is 7.89. The summed E-state index contributed by atoms with van der Waals surface area (Å²) in [6, 6.07) is 8.94. The van der Waals surface area contributed by atoms with Crippen LogP contribution >= 0.6 is 11.6 Å². The van der Waals surface area contributed by atoms with Gasteiger partial charge in [0.15, 0.2) is 11.6 Å². The monoisotopic (exact) mass is 402 g/mol. The lowest BCUT2D eigenvalue weighted by Crippen LogP contribution is -2.32. The first-order valence-corrected chi connectivity index (χ1v) is 9.54. The Balaban J connectivity index is 1.87. The molecule has 0 aromatic heterocycles. The second-order valence-electron chi connectivity index (χ2n) is 5.56. The van der Waals surface area contributed by atoms with Gasteiger partial charge in [-0.2, -0.15) is 0 Å². The molecule has 2 aromatic rings. The maximum absolute atomic E-state index is 13.1. The predicted molar refractivity (Wildman–Crippen MR) is 94.2 cm³/mol. The Morgan fingerprint density at radius 3 is 2.38 bits per heavy atom. The van der Waals surface area contributed by atoms with Crippen LogP contribution < -0.4 is 10.0 Å². The molecule has 0 spiro atoms. The molecule has 0 heterocycles. The molecule has 140 valence electrons. The van der Waals surface area contributed by atoms with Crippen molar-refractivity contribution >= 4 is 27.5 Å². The summed E-state index contributed by atoms with van der Waals surface area (Å²) in [5.74, 6) is -2.76. The molecule has 0 saturated carbocycles. The zero-order valence-electron chi connectivity index (χ0n) is 13.8. The highest BCUT2D eigenvalue weighted by atomic mass is 35.5. The van der Waals surface area contributed by atoms with Gasteiger partial charge in [-0.25, -0.2) is 21.9 Å². The number of halogens is 3. The van der Waals surface area contributed by atoms with E-state index >= 15 is 0 Å². The minimum atomic E-state index is -4.03. The van der Waals surface area contributed by atoms with Gasteiger partial charge < -0.3 is 5.32 Å². The van der Waals surface area contributed by atoms with Gasteiger partial charge in [0.2, 0.25) is 15.9 Å². The summed E-state index contributed by atoms with van der Waals surface area (Å²) < 4.78 is 52.2. The first kappa shape index (κ1) is 20.3. The quantitative estimate of drug-likeness (QED) is 0.747. The van der Waals surface area contributed by atoms with Gasteiger partial charge in [0, 0.05) is 18.0 Å². The molecule has 0 bridgehead atoms. The van der Waals surface area contributed by atoms with Crippen molar-refractivity contribution in [3.8, 4) is 0 Å². The fourth-order valence-corrected chi connectivity index (χ4v) is 3.34. The topological polar surface area (TPSA) is 75.3 Å². The van der Waals surface area contributed by atoms with Crippen LogP contribution in [0.25, 0.3) is 0 Å². The zero-order valence-corrected chi connectivity index (χ0v) is 15.4. The normalized spacial score (nSPS) is 12.6. The molecule has 0 fully saturated rings. The van der Waals surface area contributed by atoms with Crippen LogP contribution in [0, 0.1) is 11.6 Å². The van der Waals surface area contributed by atoms with Gasteiger partial charge >= 0.3 is 0 Å². The van der Waals surface area contributed by atoms with Gasteiger partial charge in [0.25, 0.3) is 0 Å².